The molecule has 0 saturated carbocycles. The molecule has 3 N–H and O–H groups in total. The van der Waals surface area contributed by atoms with Crippen LogP contribution in [0.3, 0.4) is 0 Å². The molecule has 0 spiro atoms. The van der Waals surface area contributed by atoms with Crippen molar-refractivity contribution in [2.75, 3.05) is 19.7 Å². The molecule has 0 aliphatic carbocycles. The number of aliphatic hydroxyl groups is 1. The van der Waals surface area contributed by atoms with Crippen LogP contribution in [0.15, 0.2) is 18.2 Å². The van der Waals surface area contributed by atoms with Crippen LogP contribution >= 0.6 is 0 Å². The van der Waals surface area contributed by atoms with E-state index in [9.17, 15) is 9.18 Å². The maximum Gasteiger partial charge on any atom is 0.220 e. The van der Waals surface area contributed by atoms with Crippen LogP contribution in [-0.2, 0) is 11.3 Å². The average molecular weight is 290 g/mol. The minimum Gasteiger partial charge on any atom is -0.384 e. The van der Waals surface area contributed by atoms with E-state index >= 15 is 0 Å². The van der Waals surface area contributed by atoms with Crippen LogP contribution in [0.4, 0.5) is 4.39 Å². The zero-order valence-corrected chi connectivity index (χ0v) is 11.8. The number of piperidine rings is 1. The van der Waals surface area contributed by atoms with E-state index in [2.05, 4.69) is 16.7 Å². The first-order valence-corrected chi connectivity index (χ1v) is 7.00. The Labute approximate surface area is 123 Å². The molecule has 1 fully saturated rings. The Balaban J connectivity index is 1.99. The number of amides is 1. The number of nitrogens with two attached hydrogens (primary N) is 1. The van der Waals surface area contributed by atoms with Crippen LogP contribution in [-0.4, -0.2) is 35.6 Å². The monoisotopic (exact) mass is 290 g/mol. The molecule has 21 heavy (non-hydrogen) atoms. The lowest BCUT2D eigenvalue weighted by molar-refractivity contribution is -0.123. The zero-order valence-electron chi connectivity index (χ0n) is 11.8. The maximum atomic E-state index is 13.6. The third kappa shape index (κ3) is 4.28. The fraction of sp³-hybridized carbons (Fsp3) is 0.438. The van der Waals surface area contributed by atoms with Crippen molar-refractivity contribution in [1.82, 2.24) is 4.90 Å². The molecule has 5 heteroatoms. The number of halogens is 1. The Morgan fingerprint density at radius 2 is 2.14 bits per heavy atom. The highest BCUT2D eigenvalue weighted by molar-refractivity contribution is 5.76. The highest BCUT2D eigenvalue weighted by atomic mass is 19.1. The average Bonchev–Trinajstić information content (AvgIpc) is 2.48. The number of benzene rings is 1. The molecular weight excluding hydrogens is 271 g/mol. The van der Waals surface area contributed by atoms with E-state index in [0.29, 0.717) is 12.1 Å². The van der Waals surface area contributed by atoms with E-state index in [1.54, 1.807) is 12.1 Å². The number of hydrogen-bond acceptors (Lipinski definition) is 3. The van der Waals surface area contributed by atoms with Gasteiger partial charge in [-0.15, -0.1) is 0 Å². The van der Waals surface area contributed by atoms with Gasteiger partial charge in [0.05, 0.1) is 5.56 Å². The number of aliphatic hydroxyl groups excluding tert-OH is 1. The molecule has 1 amide bonds. The van der Waals surface area contributed by atoms with E-state index in [0.717, 1.165) is 31.5 Å². The van der Waals surface area contributed by atoms with Gasteiger partial charge in [0.25, 0.3) is 0 Å². The topological polar surface area (TPSA) is 66.6 Å². The lowest BCUT2D eigenvalue weighted by Gasteiger charge is -2.30. The molecule has 0 atom stereocenters. The zero-order chi connectivity index (χ0) is 15.2. The predicted molar refractivity (Wildman–Crippen MR) is 77.6 cm³/mol. The van der Waals surface area contributed by atoms with Crippen molar-refractivity contribution >= 4 is 5.91 Å². The van der Waals surface area contributed by atoms with Gasteiger partial charge in [-0.25, -0.2) is 4.39 Å². The molecule has 4 nitrogen and oxygen atoms in total. The SMILES string of the molecule is NC(=O)C1CCN(Cc2ccc(F)c(C#CCO)c2)CC1. The fourth-order valence-corrected chi connectivity index (χ4v) is 2.54. The second-order valence-electron chi connectivity index (χ2n) is 5.23. The normalized spacial score (nSPS) is 16.3. The second-order valence-corrected chi connectivity index (χ2v) is 5.23. The van der Waals surface area contributed by atoms with Gasteiger partial charge in [-0.1, -0.05) is 17.9 Å². The summed E-state index contributed by atoms with van der Waals surface area (Å²) in [7, 11) is 0. The third-order valence-corrected chi connectivity index (χ3v) is 3.73. The molecular formula is C16H19FN2O2. The van der Waals surface area contributed by atoms with Crippen molar-refractivity contribution in [3.05, 3.63) is 35.1 Å². The summed E-state index contributed by atoms with van der Waals surface area (Å²) in [6, 6.07) is 4.84. The summed E-state index contributed by atoms with van der Waals surface area (Å²) in [6.07, 6.45) is 1.54. The number of rotatable bonds is 3. The van der Waals surface area contributed by atoms with Crippen LogP contribution in [0, 0.1) is 23.6 Å². The molecule has 0 radical (unpaired) electrons. The molecule has 0 unspecified atom stereocenters. The predicted octanol–water partition coefficient (Wildman–Crippen LogP) is 0.867. The fourth-order valence-electron chi connectivity index (χ4n) is 2.54. The number of carbonyl (C=O) groups is 1. The van der Waals surface area contributed by atoms with Crippen molar-refractivity contribution in [3.8, 4) is 11.8 Å². The van der Waals surface area contributed by atoms with Gasteiger partial charge in [0, 0.05) is 12.5 Å². The number of carbonyl (C=O) groups excluding carboxylic acids is 1. The van der Waals surface area contributed by atoms with Crippen molar-refractivity contribution in [2.45, 2.75) is 19.4 Å². The maximum absolute atomic E-state index is 13.6. The van der Waals surface area contributed by atoms with Crippen molar-refractivity contribution < 1.29 is 14.3 Å². The summed E-state index contributed by atoms with van der Waals surface area (Å²) in [5.41, 5.74) is 6.58. The van der Waals surface area contributed by atoms with Crippen LogP contribution < -0.4 is 5.73 Å². The van der Waals surface area contributed by atoms with Gasteiger partial charge in [0.2, 0.25) is 5.91 Å². The van der Waals surface area contributed by atoms with Crippen LogP contribution in [0.1, 0.15) is 24.0 Å². The van der Waals surface area contributed by atoms with E-state index in [1.165, 1.54) is 6.07 Å². The second kappa shape index (κ2) is 7.21. The Morgan fingerprint density at radius 3 is 2.76 bits per heavy atom. The molecule has 1 heterocycles. The largest absolute Gasteiger partial charge is 0.384 e. The molecule has 1 aliphatic rings. The highest BCUT2D eigenvalue weighted by Crippen LogP contribution is 2.19. The van der Waals surface area contributed by atoms with E-state index in [4.69, 9.17) is 10.8 Å². The van der Waals surface area contributed by atoms with Gasteiger partial charge in [-0.2, -0.15) is 0 Å². The molecule has 1 saturated heterocycles. The summed E-state index contributed by atoms with van der Waals surface area (Å²) in [4.78, 5) is 13.3. The van der Waals surface area contributed by atoms with Crippen LogP contribution in [0.2, 0.25) is 0 Å². The molecule has 1 aromatic rings. The molecule has 1 aliphatic heterocycles. The van der Waals surface area contributed by atoms with Gasteiger partial charge in [-0.05, 0) is 43.6 Å². The Bertz CT molecular complexity index is 569. The first-order valence-electron chi connectivity index (χ1n) is 7.00. The molecule has 112 valence electrons. The lowest BCUT2D eigenvalue weighted by Crippen LogP contribution is -2.38. The number of hydrogen-bond donors (Lipinski definition) is 2. The molecule has 2 rings (SSSR count). The summed E-state index contributed by atoms with van der Waals surface area (Å²) < 4.78 is 13.6. The minimum atomic E-state index is -0.382. The van der Waals surface area contributed by atoms with Crippen molar-refractivity contribution in [2.24, 2.45) is 11.7 Å². The van der Waals surface area contributed by atoms with E-state index < -0.39 is 0 Å². The Morgan fingerprint density at radius 1 is 1.43 bits per heavy atom. The summed E-state index contributed by atoms with van der Waals surface area (Å²) >= 11 is 0. The van der Waals surface area contributed by atoms with E-state index in [-0.39, 0.29) is 24.2 Å². The van der Waals surface area contributed by atoms with Crippen LogP contribution in [0.25, 0.3) is 0 Å². The molecule has 1 aromatic carbocycles. The number of likely N-dealkylation sites (tertiary alicyclic amines) is 1. The summed E-state index contributed by atoms with van der Waals surface area (Å²) in [5, 5.41) is 8.68. The first-order chi connectivity index (χ1) is 10.1. The molecule has 0 bridgehead atoms. The van der Waals surface area contributed by atoms with Crippen LogP contribution in [0.5, 0.6) is 0 Å². The first kappa shape index (κ1) is 15.5. The van der Waals surface area contributed by atoms with E-state index in [1.807, 2.05) is 0 Å². The third-order valence-electron chi connectivity index (χ3n) is 3.73. The standard InChI is InChI=1S/C16H19FN2O2/c17-15-4-3-12(10-14(15)2-1-9-20)11-19-7-5-13(6-8-19)16(18)21/h3-4,10,13,20H,5-9,11H2,(H2,18,21). The highest BCUT2D eigenvalue weighted by Gasteiger charge is 2.23. The van der Waals surface area contributed by atoms with Gasteiger partial charge in [-0.3, -0.25) is 9.69 Å². The quantitative estimate of drug-likeness (QED) is 0.812. The van der Waals surface area contributed by atoms with Gasteiger partial charge < -0.3 is 10.8 Å². The van der Waals surface area contributed by atoms with Gasteiger partial charge in [0.1, 0.15) is 12.4 Å². The van der Waals surface area contributed by atoms with Gasteiger partial charge >= 0.3 is 0 Å². The van der Waals surface area contributed by atoms with Crippen molar-refractivity contribution in [1.29, 1.82) is 0 Å². The minimum absolute atomic E-state index is 0.0274. The number of primary amides is 1. The van der Waals surface area contributed by atoms with Crippen molar-refractivity contribution in [3.63, 3.8) is 0 Å². The smallest absolute Gasteiger partial charge is 0.220 e. The number of nitrogens with zero attached hydrogens (tertiary/aromatic N) is 1. The summed E-state index contributed by atoms with van der Waals surface area (Å²) in [6.45, 7) is 2.02. The molecule has 0 aromatic heterocycles. The van der Waals surface area contributed by atoms with Gasteiger partial charge in [0.15, 0.2) is 0 Å². The Hall–Kier alpha value is -1.90. The summed E-state index contributed by atoms with van der Waals surface area (Å²) in [5.74, 6) is 4.43. The lowest BCUT2D eigenvalue weighted by atomic mass is 9.96. The Kier molecular flexibility index (Phi) is 5.32.